The van der Waals surface area contributed by atoms with E-state index in [0.29, 0.717) is 18.9 Å². The van der Waals surface area contributed by atoms with Crippen LogP contribution in [-0.2, 0) is 10.2 Å². The summed E-state index contributed by atoms with van der Waals surface area (Å²) in [7, 11) is 1.69. The van der Waals surface area contributed by atoms with E-state index < -0.39 is 0 Å². The van der Waals surface area contributed by atoms with Crippen LogP contribution in [0.4, 0.5) is 4.39 Å². The van der Waals surface area contributed by atoms with Gasteiger partial charge in [0.2, 0.25) is 5.91 Å². The highest BCUT2D eigenvalue weighted by Crippen LogP contribution is 2.25. The van der Waals surface area contributed by atoms with E-state index in [4.69, 9.17) is 4.99 Å². The third-order valence-corrected chi connectivity index (χ3v) is 5.25. The molecule has 6 heteroatoms. The molecule has 5 nitrogen and oxygen atoms in total. The Balaban J connectivity index is 2.00. The summed E-state index contributed by atoms with van der Waals surface area (Å²) in [6.45, 7) is 9.58. The number of carbonyl (C=O) groups excluding carboxylic acids is 1. The lowest BCUT2D eigenvalue weighted by Crippen LogP contribution is -2.46. The molecule has 0 saturated carbocycles. The van der Waals surface area contributed by atoms with Gasteiger partial charge >= 0.3 is 0 Å². The van der Waals surface area contributed by atoms with E-state index >= 15 is 0 Å². The predicted molar refractivity (Wildman–Crippen MR) is 108 cm³/mol. The van der Waals surface area contributed by atoms with Crippen molar-refractivity contribution in [3.63, 3.8) is 0 Å². The molecule has 2 N–H and O–H groups in total. The van der Waals surface area contributed by atoms with Gasteiger partial charge in [0.15, 0.2) is 5.96 Å². The van der Waals surface area contributed by atoms with Crippen molar-refractivity contribution in [2.24, 2.45) is 10.9 Å². The van der Waals surface area contributed by atoms with Crippen molar-refractivity contribution in [1.82, 2.24) is 15.5 Å². The molecule has 1 aromatic rings. The molecule has 0 radical (unpaired) electrons. The zero-order chi connectivity index (χ0) is 19.9. The summed E-state index contributed by atoms with van der Waals surface area (Å²) < 4.78 is 13.2. The van der Waals surface area contributed by atoms with Gasteiger partial charge in [-0.15, -0.1) is 0 Å². The van der Waals surface area contributed by atoms with Crippen molar-refractivity contribution in [2.45, 2.75) is 45.4 Å². The zero-order valence-electron chi connectivity index (χ0n) is 17.0. The minimum absolute atomic E-state index is 0.120. The predicted octanol–water partition coefficient (Wildman–Crippen LogP) is 2.92. The van der Waals surface area contributed by atoms with Crippen LogP contribution in [0, 0.1) is 11.7 Å². The second-order valence-electron chi connectivity index (χ2n) is 7.87. The van der Waals surface area contributed by atoms with Crippen molar-refractivity contribution >= 4 is 11.9 Å². The molecule has 27 heavy (non-hydrogen) atoms. The molecular weight excluding hydrogens is 343 g/mol. The first-order valence-corrected chi connectivity index (χ1v) is 9.85. The maximum absolute atomic E-state index is 13.2. The Morgan fingerprint density at radius 3 is 2.44 bits per heavy atom. The lowest BCUT2D eigenvalue weighted by atomic mass is 9.85. The second-order valence-corrected chi connectivity index (χ2v) is 7.87. The fraction of sp³-hybridized carbons (Fsp3) is 0.619. The Bertz CT molecular complexity index is 634. The molecule has 0 unspecified atom stereocenters. The maximum Gasteiger partial charge on any atom is 0.220 e. The summed E-state index contributed by atoms with van der Waals surface area (Å²) in [6.07, 6.45) is 2.61. The highest BCUT2D eigenvalue weighted by molar-refractivity contribution is 5.80. The van der Waals surface area contributed by atoms with Gasteiger partial charge in [-0.1, -0.05) is 26.0 Å². The van der Waals surface area contributed by atoms with Gasteiger partial charge in [-0.05, 0) is 43.4 Å². The number of rotatable bonds is 6. The summed E-state index contributed by atoms with van der Waals surface area (Å²) >= 11 is 0. The lowest BCUT2D eigenvalue weighted by Gasteiger charge is -2.34. The molecule has 0 aliphatic carbocycles. The Hall–Kier alpha value is -2.11. The molecule has 1 heterocycles. The van der Waals surface area contributed by atoms with Crippen molar-refractivity contribution in [3.8, 4) is 0 Å². The number of nitrogens with one attached hydrogen (secondary N) is 2. The molecular formula is C21H33FN4O. The van der Waals surface area contributed by atoms with Crippen molar-refractivity contribution in [3.05, 3.63) is 35.6 Å². The minimum atomic E-state index is -0.217. The summed E-state index contributed by atoms with van der Waals surface area (Å²) in [6, 6.07) is 6.68. The zero-order valence-corrected chi connectivity index (χ0v) is 17.0. The van der Waals surface area contributed by atoms with Gasteiger partial charge in [0, 0.05) is 38.5 Å². The van der Waals surface area contributed by atoms with Crippen LogP contribution >= 0.6 is 0 Å². The van der Waals surface area contributed by atoms with Gasteiger partial charge in [0.1, 0.15) is 5.82 Å². The van der Waals surface area contributed by atoms with Crippen LogP contribution < -0.4 is 10.6 Å². The maximum atomic E-state index is 13.2. The molecule has 150 valence electrons. The van der Waals surface area contributed by atoms with Crippen LogP contribution in [0.3, 0.4) is 0 Å². The number of likely N-dealkylation sites (tertiary alicyclic amines) is 1. The largest absolute Gasteiger partial charge is 0.359 e. The first-order chi connectivity index (χ1) is 12.9. The van der Waals surface area contributed by atoms with Crippen LogP contribution in [0.15, 0.2) is 29.3 Å². The van der Waals surface area contributed by atoms with Crippen molar-refractivity contribution in [1.29, 1.82) is 0 Å². The van der Waals surface area contributed by atoms with E-state index in [9.17, 15) is 9.18 Å². The Kier molecular flexibility index (Phi) is 7.63. The second kappa shape index (κ2) is 9.72. The van der Waals surface area contributed by atoms with Crippen molar-refractivity contribution < 1.29 is 9.18 Å². The smallest absolute Gasteiger partial charge is 0.220 e. The first-order valence-electron chi connectivity index (χ1n) is 9.85. The standard InChI is InChI=1S/C21H33FN4O/c1-5-24-20(26-12-10-16(11-13-26)14-19(27)23-4)25-15-21(2,3)17-6-8-18(22)9-7-17/h6-9,16H,5,10-15H2,1-4H3,(H,23,27)(H,24,25). The first kappa shape index (κ1) is 21.2. The Morgan fingerprint density at radius 2 is 1.89 bits per heavy atom. The number of piperidine rings is 1. The van der Waals surface area contributed by atoms with E-state index in [-0.39, 0.29) is 17.1 Å². The van der Waals surface area contributed by atoms with Gasteiger partial charge in [0.05, 0.1) is 6.54 Å². The number of hydrogen-bond acceptors (Lipinski definition) is 2. The molecule has 0 bridgehead atoms. The summed E-state index contributed by atoms with van der Waals surface area (Å²) in [5.41, 5.74) is 0.902. The molecule has 1 aromatic carbocycles. The average molecular weight is 377 g/mol. The van der Waals surface area contributed by atoms with E-state index in [0.717, 1.165) is 44.0 Å². The number of hydrogen-bond donors (Lipinski definition) is 2. The summed E-state index contributed by atoms with van der Waals surface area (Å²) in [5.74, 6) is 1.27. The number of guanidine groups is 1. The molecule has 0 atom stereocenters. The number of halogens is 1. The number of nitrogens with zero attached hydrogens (tertiary/aromatic N) is 2. The molecule has 2 rings (SSSR count). The number of benzene rings is 1. The fourth-order valence-electron chi connectivity index (χ4n) is 3.40. The van der Waals surface area contributed by atoms with E-state index in [1.54, 1.807) is 7.05 Å². The molecule has 1 fully saturated rings. The quantitative estimate of drug-likeness (QED) is 0.593. The Labute approximate surface area is 162 Å². The minimum Gasteiger partial charge on any atom is -0.359 e. The van der Waals surface area contributed by atoms with Crippen molar-refractivity contribution in [2.75, 3.05) is 33.2 Å². The van der Waals surface area contributed by atoms with E-state index in [1.807, 2.05) is 12.1 Å². The lowest BCUT2D eigenvalue weighted by molar-refractivity contribution is -0.121. The topological polar surface area (TPSA) is 56.7 Å². The van der Waals surface area contributed by atoms with Crippen LogP contribution in [0.25, 0.3) is 0 Å². The fourth-order valence-corrected chi connectivity index (χ4v) is 3.40. The van der Waals surface area contributed by atoms with Gasteiger partial charge < -0.3 is 15.5 Å². The van der Waals surface area contributed by atoms with Gasteiger partial charge in [0.25, 0.3) is 0 Å². The monoisotopic (exact) mass is 376 g/mol. The SMILES string of the molecule is CCNC(=NCC(C)(C)c1ccc(F)cc1)N1CCC(CC(=O)NC)CC1. The van der Waals surface area contributed by atoms with Crippen LogP contribution in [0.1, 0.15) is 45.6 Å². The molecule has 1 aliphatic rings. The highest BCUT2D eigenvalue weighted by atomic mass is 19.1. The van der Waals surface area contributed by atoms with E-state index in [2.05, 4.69) is 36.3 Å². The molecule has 1 saturated heterocycles. The molecule has 1 amide bonds. The third-order valence-electron chi connectivity index (χ3n) is 5.25. The number of aliphatic imine (C=N–C) groups is 1. The average Bonchev–Trinajstić information content (AvgIpc) is 2.66. The highest BCUT2D eigenvalue weighted by Gasteiger charge is 2.25. The third kappa shape index (κ3) is 6.22. The van der Waals surface area contributed by atoms with Gasteiger partial charge in [-0.3, -0.25) is 9.79 Å². The van der Waals surface area contributed by atoms with Crippen LogP contribution in [0.2, 0.25) is 0 Å². The number of carbonyl (C=O) groups is 1. The molecule has 0 aromatic heterocycles. The molecule has 1 aliphatic heterocycles. The summed E-state index contributed by atoms with van der Waals surface area (Å²) in [4.78, 5) is 18.7. The summed E-state index contributed by atoms with van der Waals surface area (Å²) in [5, 5.41) is 6.10. The van der Waals surface area contributed by atoms with Crippen LogP contribution in [0.5, 0.6) is 0 Å². The van der Waals surface area contributed by atoms with Gasteiger partial charge in [-0.2, -0.15) is 0 Å². The molecule has 0 spiro atoms. The number of amides is 1. The normalized spacial score (nSPS) is 16.3. The van der Waals surface area contributed by atoms with Crippen LogP contribution in [-0.4, -0.2) is 50.0 Å². The van der Waals surface area contributed by atoms with Gasteiger partial charge in [-0.25, -0.2) is 4.39 Å². The van der Waals surface area contributed by atoms with E-state index in [1.165, 1.54) is 12.1 Å². The Morgan fingerprint density at radius 1 is 1.26 bits per heavy atom.